The van der Waals surface area contributed by atoms with E-state index in [2.05, 4.69) is 10.0 Å². The smallest absolute Gasteiger partial charge is 0.281 e. The summed E-state index contributed by atoms with van der Waals surface area (Å²) in [5, 5.41) is 14.3. The SMILES string of the molecule is N.[N-]=[N+]=Nc1ccc(C(=O)c2ccccc2)c([N+](=O)[O-])c1. The van der Waals surface area contributed by atoms with Crippen LogP contribution in [-0.2, 0) is 0 Å². The van der Waals surface area contributed by atoms with Crippen LogP contribution in [0, 0.1) is 10.1 Å². The first-order valence-electron chi connectivity index (χ1n) is 5.57. The van der Waals surface area contributed by atoms with Crippen LogP contribution < -0.4 is 6.15 Å². The number of carbonyl (C=O) groups excluding carboxylic acids is 1. The minimum absolute atomic E-state index is 0. The number of nitro groups is 1. The van der Waals surface area contributed by atoms with Crippen molar-refractivity contribution in [2.45, 2.75) is 0 Å². The maximum atomic E-state index is 12.2. The highest BCUT2D eigenvalue weighted by Crippen LogP contribution is 2.27. The first kappa shape index (κ1) is 15.8. The summed E-state index contributed by atoms with van der Waals surface area (Å²) in [6, 6.07) is 12.0. The summed E-state index contributed by atoms with van der Waals surface area (Å²) < 4.78 is 0. The molecule has 0 amide bonds. The fourth-order valence-electron chi connectivity index (χ4n) is 1.72. The minimum atomic E-state index is -0.674. The largest absolute Gasteiger partial charge is 0.344 e. The van der Waals surface area contributed by atoms with Crippen LogP contribution in [0.3, 0.4) is 0 Å². The summed E-state index contributed by atoms with van der Waals surface area (Å²) in [7, 11) is 0. The molecule has 0 aromatic heterocycles. The van der Waals surface area contributed by atoms with Crippen LogP contribution in [0.1, 0.15) is 15.9 Å². The normalized spacial score (nSPS) is 9.14. The van der Waals surface area contributed by atoms with Crippen molar-refractivity contribution in [3.63, 3.8) is 0 Å². The Labute approximate surface area is 119 Å². The second-order valence-corrected chi connectivity index (χ2v) is 3.84. The number of hydrogen-bond acceptors (Lipinski definition) is 5. The van der Waals surface area contributed by atoms with Gasteiger partial charge in [-0.3, -0.25) is 14.9 Å². The van der Waals surface area contributed by atoms with Gasteiger partial charge in [-0.2, -0.15) is 0 Å². The van der Waals surface area contributed by atoms with Gasteiger partial charge in [0.25, 0.3) is 5.69 Å². The molecule has 0 saturated heterocycles. The molecule has 0 saturated carbocycles. The molecule has 0 aliphatic rings. The van der Waals surface area contributed by atoms with Crippen molar-refractivity contribution in [2.24, 2.45) is 5.11 Å². The van der Waals surface area contributed by atoms with Gasteiger partial charge in [0.15, 0.2) is 5.78 Å². The van der Waals surface area contributed by atoms with E-state index >= 15 is 0 Å². The van der Waals surface area contributed by atoms with Crippen molar-refractivity contribution < 1.29 is 9.72 Å². The zero-order valence-electron chi connectivity index (χ0n) is 10.8. The molecule has 2 aromatic rings. The van der Waals surface area contributed by atoms with Gasteiger partial charge in [0.05, 0.1) is 4.92 Å². The molecule has 0 heterocycles. The summed E-state index contributed by atoms with van der Waals surface area (Å²) in [5.41, 5.74) is 8.34. The highest BCUT2D eigenvalue weighted by molar-refractivity contribution is 6.11. The summed E-state index contributed by atoms with van der Waals surface area (Å²) in [6.45, 7) is 0. The molecule has 0 unspecified atom stereocenters. The Balaban J connectivity index is 0.00000220. The molecular formula is C13H11N5O3. The van der Waals surface area contributed by atoms with Gasteiger partial charge >= 0.3 is 0 Å². The average Bonchev–Trinajstić information content (AvgIpc) is 2.47. The van der Waals surface area contributed by atoms with E-state index in [0.29, 0.717) is 5.56 Å². The van der Waals surface area contributed by atoms with E-state index in [1.54, 1.807) is 30.3 Å². The van der Waals surface area contributed by atoms with E-state index in [-0.39, 0.29) is 23.1 Å². The van der Waals surface area contributed by atoms with Crippen molar-refractivity contribution in [3.05, 3.63) is 80.2 Å². The van der Waals surface area contributed by atoms with E-state index in [9.17, 15) is 14.9 Å². The fraction of sp³-hybridized carbons (Fsp3) is 0. The molecule has 0 aliphatic heterocycles. The van der Waals surface area contributed by atoms with E-state index in [1.165, 1.54) is 12.1 Å². The maximum absolute atomic E-state index is 12.2. The van der Waals surface area contributed by atoms with Gasteiger partial charge in [0, 0.05) is 22.2 Å². The van der Waals surface area contributed by atoms with Crippen molar-refractivity contribution in [1.29, 1.82) is 0 Å². The number of azide groups is 1. The standard InChI is InChI=1S/C13H8N4O3.H3N/c14-16-15-10-6-7-11(12(8-10)17(19)20)13(18)9-4-2-1-3-5-9;/h1-8H;1H3. The number of benzene rings is 2. The summed E-state index contributed by atoms with van der Waals surface area (Å²) >= 11 is 0. The van der Waals surface area contributed by atoms with E-state index in [4.69, 9.17) is 5.53 Å². The van der Waals surface area contributed by atoms with Crippen molar-refractivity contribution in [2.75, 3.05) is 0 Å². The van der Waals surface area contributed by atoms with Crippen molar-refractivity contribution in [1.82, 2.24) is 6.15 Å². The zero-order valence-corrected chi connectivity index (χ0v) is 10.8. The predicted molar refractivity (Wildman–Crippen MR) is 76.8 cm³/mol. The van der Waals surface area contributed by atoms with Crippen LogP contribution in [0.5, 0.6) is 0 Å². The second-order valence-electron chi connectivity index (χ2n) is 3.84. The third-order valence-corrected chi connectivity index (χ3v) is 2.62. The Morgan fingerprint density at radius 1 is 1.19 bits per heavy atom. The molecule has 0 bridgehead atoms. The number of hydrogen-bond donors (Lipinski definition) is 1. The summed E-state index contributed by atoms with van der Waals surface area (Å²) in [6.07, 6.45) is 0. The lowest BCUT2D eigenvalue weighted by Crippen LogP contribution is -2.05. The molecule has 0 spiro atoms. The van der Waals surface area contributed by atoms with Crippen LogP contribution in [-0.4, -0.2) is 10.7 Å². The minimum Gasteiger partial charge on any atom is -0.344 e. The third kappa shape index (κ3) is 3.41. The van der Waals surface area contributed by atoms with Crippen LogP contribution in [0.15, 0.2) is 53.6 Å². The van der Waals surface area contributed by atoms with Crippen molar-refractivity contribution >= 4 is 17.2 Å². The maximum Gasteiger partial charge on any atom is 0.281 e. The van der Waals surface area contributed by atoms with Crippen molar-refractivity contribution in [3.8, 4) is 0 Å². The average molecular weight is 285 g/mol. The van der Waals surface area contributed by atoms with E-state index in [1.807, 2.05) is 0 Å². The highest BCUT2D eigenvalue weighted by atomic mass is 16.6. The molecule has 0 radical (unpaired) electrons. The van der Waals surface area contributed by atoms with Crippen LogP contribution >= 0.6 is 0 Å². The lowest BCUT2D eigenvalue weighted by molar-refractivity contribution is -0.385. The van der Waals surface area contributed by atoms with E-state index in [0.717, 1.165) is 6.07 Å². The Morgan fingerprint density at radius 3 is 2.43 bits per heavy atom. The third-order valence-electron chi connectivity index (χ3n) is 2.62. The molecule has 0 fully saturated rings. The molecule has 8 heteroatoms. The lowest BCUT2D eigenvalue weighted by atomic mass is 10.0. The quantitative estimate of drug-likeness (QED) is 0.226. The molecule has 21 heavy (non-hydrogen) atoms. The molecule has 0 aliphatic carbocycles. The van der Waals surface area contributed by atoms with Gasteiger partial charge in [0.2, 0.25) is 0 Å². The summed E-state index contributed by atoms with van der Waals surface area (Å²) in [5.74, 6) is -0.454. The van der Waals surface area contributed by atoms with Gasteiger partial charge in [0.1, 0.15) is 5.56 Å². The number of rotatable bonds is 4. The first-order chi connectivity index (χ1) is 9.63. The number of ketones is 1. The zero-order chi connectivity index (χ0) is 14.5. The highest BCUT2D eigenvalue weighted by Gasteiger charge is 2.21. The molecule has 2 rings (SSSR count). The Hall–Kier alpha value is -3.22. The second kappa shape index (κ2) is 6.80. The topological polar surface area (TPSA) is 144 Å². The molecule has 106 valence electrons. The van der Waals surface area contributed by atoms with Gasteiger partial charge in [-0.25, -0.2) is 0 Å². The monoisotopic (exact) mass is 285 g/mol. The fourth-order valence-corrected chi connectivity index (χ4v) is 1.72. The van der Waals surface area contributed by atoms with E-state index < -0.39 is 10.7 Å². The van der Waals surface area contributed by atoms with Crippen LogP contribution in [0.25, 0.3) is 10.4 Å². The Bertz CT molecular complexity index is 724. The van der Waals surface area contributed by atoms with Crippen LogP contribution in [0.2, 0.25) is 0 Å². The molecular weight excluding hydrogens is 274 g/mol. The van der Waals surface area contributed by atoms with Gasteiger partial charge in [-0.15, -0.1) is 0 Å². The predicted octanol–water partition coefficient (Wildman–Crippen LogP) is 3.93. The van der Waals surface area contributed by atoms with Gasteiger partial charge in [-0.05, 0) is 11.6 Å². The van der Waals surface area contributed by atoms with Gasteiger partial charge in [-0.1, -0.05) is 41.5 Å². The summed E-state index contributed by atoms with van der Waals surface area (Å²) in [4.78, 5) is 25.1. The number of nitrogens with zero attached hydrogens (tertiary/aromatic N) is 4. The number of carbonyl (C=O) groups is 1. The number of nitro benzene ring substituents is 1. The Morgan fingerprint density at radius 2 is 1.86 bits per heavy atom. The van der Waals surface area contributed by atoms with Crippen LogP contribution in [0.4, 0.5) is 11.4 Å². The molecule has 0 atom stereocenters. The molecule has 8 nitrogen and oxygen atoms in total. The lowest BCUT2D eigenvalue weighted by Gasteiger charge is -2.03. The molecule has 2 aromatic carbocycles. The first-order valence-corrected chi connectivity index (χ1v) is 5.57. The molecule has 3 N–H and O–H groups in total. The Kier molecular flexibility index (Phi) is 5.13. The van der Waals surface area contributed by atoms with Gasteiger partial charge < -0.3 is 6.15 Å².